The maximum absolute atomic E-state index is 12.5. The molecule has 0 bridgehead atoms. The van der Waals surface area contributed by atoms with Crippen LogP contribution in [0.1, 0.15) is 41.4 Å². The molecule has 1 aromatic rings. The van der Waals surface area contributed by atoms with Crippen LogP contribution in [0, 0.1) is 5.92 Å². The summed E-state index contributed by atoms with van der Waals surface area (Å²) < 4.78 is 0. The number of thiophene rings is 1. The van der Waals surface area contributed by atoms with E-state index < -0.39 is 5.97 Å². The van der Waals surface area contributed by atoms with Crippen molar-refractivity contribution in [2.45, 2.75) is 26.2 Å². The number of carbonyl (C=O) groups is 2. The van der Waals surface area contributed by atoms with Crippen LogP contribution in [0.2, 0.25) is 0 Å². The van der Waals surface area contributed by atoms with Crippen molar-refractivity contribution in [3.05, 3.63) is 28.0 Å². The smallest absolute Gasteiger partial charge is 0.328 e. The van der Waals surface area contributed by atoms with Crippen LogP contribution in [0.25, 0.3) is 6.08 Å². The third-order valence-electron chi connectivity index (χ3n) is 3.60. The number of hydrogen-bond acceptors (Lipinski definition) is 3. The van der Waals surface area contributed by atoms with Gasteiger partial charge in [-0.3, -0.25) is 4.79 Å². The molecule has 20 heavy (non-hydrogen) atoms. The second kappa shape index (κ2) is 6.70. The van der Waals surface area contributed by atoms with E-state index >= 15 is 0 Å². The van der Waals surface area contributed by atoms with Crippen LogP contribution in [0.15, 0.2) is 17.5 Å². The molecule has 1 N–H and O–H groups in total. The zero-order valence-electron chi connectivity index (χ0n) is 11.5. The number of aliphatic carboxylic acids is 1. The van der Waals surface area contributed by atoms with E-state index in [1.54, 1.807) is 6.07 Å². The Morgan fingerprint density at radius 2 is 2.20 bits per heavy atom. The van der Waals surface area contributed by atoms with E-state index in [0.717, 1.165) is 32.0 Å². The van der Waals surface area contributed by atoms with Gasteiger partial charge in [0.2, 0.25) is 0 Å². The van der Waals surface area contributed by atoms with Crippen LogP contribution in [-0.2, 0) is 4.79 Å². The van der Waals surface area contributed by atoms with Gasteiger partial charge in [-0.25, -0.2) is 4.79 Å². The van der Waals surface area contributed by atoms with Crippen molar-refractivity contribution in [3.63, 3.8) is 0 Å². The first kappa shape index (κ1) is 14.8. The summed E-state index contributed by atoms with van der Waals surface area (Å²) in [5.74, 6) is -0.306. The normalized spacial score (nSPS) is 20.1. The van der Waals surface area contributed by atoms with Gasteiger partial charge in [-0.1, -0.05) is 6.92 Å². The predicted octanol–water partition coefficient (Wildman–Crippen LogP) is 3.11. The van der Waals surface area contributed by atoms with Gasteiger partial charge in [0.1, 0.15) is 0 Å². The van der Waals surface area contributed by atoms with Crippen LogP contribution in [0.3, 0.4) is 0 Å². The number of likely N-dealkylation sites (tertiary alicyclic amines) is 1. The van der Waals surface area contributed by atoms with E-state index in [2.05, 4.69) is 6.92 Å². The van der Waals surface area contributed by atoms with Crippen molar-refractivity contribution in [1.82, 2.24) is 4.90 Å². The van der Waals surface area contributed by atoms with Crippen LogP contribution >= 0.6 is 11.3 Å². The molecule has 5 heteroatoms. The second-order valence-corrected chi connectivity index (χ2v) is 6.12. The minimum atomic E-state index is -1.00. The first-order chi connectivity index (χ1) is 9.58. The number of amides is 1. The molecule has 0 aromatic carbocycles. The summed E-state index contributed by atoms with van der Waals surface area (Å²) in [6.07, 6.45) is 5.81. The number of carboxylic acid groups (broad SMARTS) is 1. The Balaban J connectivity index is 2.13. The van der Waals surface area contributed by atoms with Gasteiger partial charge in [-0.15, -0.1) is 11.3 Å². The summed E-state index contributed by atoms with van der Waals surface area (Å²) in [7, 11) is 0. The molecule has 0 saturated carbocycles. The molecule has 1 aliphatic rings. The van der Waals surface area contributed by atoms with Crippen LogP contribution < -0.4 is 0 Å². The molecule has 0 spiro atoms. The van der Waals surface area contributed by atoms with Gasteiger partial charge in [0.25, 0.3) is 5.91 Å². The Hall–Kier alpha value is -1.62. The van der Waals surface area contributed by atoms with Gasteiger partial charge in [-0.05, 0) is 48.3 Å². The number of rotatable bonds is 3. The molecule has 0 radical (unpaired) electrons. The molecule has 1 aromatic heterocycles. The minimum Gasteiger partial charge on any atom is -0.478 e. The van der Waals surface area contributed by atoms with E-state index in [1.165, 1.54) is 23.8 Å². The van der Waals surface area contributed by atoms with E-state index in [0.29, 0.717) is 16.4 Å². The Morgan fingerprint density at radius 3 is 2.95 bits per heavy atom. The van der Waals surface area contributed by atoms with Crippen molar-refractivity contribution >= 4 is 29.3 Å². The zero-order valence-corrected chi connectivity index (χ0v) is 12.4. The maximum atomic E-state index is 12.5. The molecule has 2 rings (SSSR count). The van der Waals surface area contributed by atoms with Gasteiger partial charge in [-0.2, -0.15) is 0 Å². The largest absolute Gasteiger partial charge is 0.478 e. The molecule has 1 saturated heterocycles. The lowest BCUT2D eigenvalue weighted by Crippen LogP contribution is -2.31. The Bertz CT molecular complexity index is 521. The monoisotopic (exact) mass is 293 g/mol. The predicted molar refractivity (Wildman–Crippen MR) is 79.9 cm³/mol. The van der Waals surface area contributed by atoms with Crippen molar-refractivity contribution in [1.29, 1.82) is 0 Å². The second-order valence-electron chi connectivity index (χ2n) is 5.20. The summed E-state index contributed by atoms with van der Waals surface area (Å²) >= 11 is 1.38. The van der Waals surface area contributed by atoms with Crippen LogP contribution in [-0.4, -0.2) is 35.0 Å². The molecule has 1 aliphatic heterocycles. The Morgan fingerprint density at radius 1 is 1.40 bits per heavy atom. The lowest BCUT2D eigenvalue weighted by Gasteiger charge is -2.20. The summed E-state index contributed by atoms with van der Waals surface area (Å²) in [6.45, 7) is 3.81. The summed E-state index contributed by atoms with van der Waals surface area (Å²) in [5.41, 5.74) is 0.694. The summed E-state index contributed by atoms with van der Waals surface area (Å²) in [5, 5.41) is 10.5. The van der Waals surface area contributed by atoms with Gasteiger partial charge >= 0.3 is 5.97 Å². The molecular weight excluding hydrogens is 274 g/mol. The highest BCUT2D eigenvalue weighted by Crippen LogP contribution is 2.23. The average Bonchev–Trinajstić information content (AvgIpc) is 2.77. The van der Waals surface area contributed by atoms with Gasteiger partial charge in [0, 0.05) is 19.2 Å². The van der Waals surface area contributed by atoms with Crippen molar-refractivity contribution in [2.24, 2.45) is 5.92 Å². The third-order valence-corrected chi connectivity index (χ3v) is 4.52. The maximum Gasteiger partial charge on any atom is 0.328 e. The molecule has 2 heterocycles. The fraction of sp³-hybridized carbons (Fsp3) is 0.467. The number of carbonyl (C=O) groups excluding carboxylic acids is 1. The van der Waals surface area contributed by atoms with E-state index in [4.69, 9.17) is 5.11 Å². The molecule has 0 aliphatic carbocycles. The van der Waals surface area contributed by atoms with Crippen molar-refractivity contribution in [3.8, 4) is 0 Å². The first-order valence-electron chi connectivity index (χ1n) is 6.85. The van der Waals surface area contributed by atoms with E-state index in [-0.39, 0.29) is 5.91 Å². The van der Waals surface area contributed by atoms with Crippen LogP contribution in [0.4, 0.5) is 0 Å². The molecule has 1 unspecified atom stereocenters. The molecule has 108 valence electrons. The van der Waals surface area contributed by atoms with Gasteiger partial charge < -0.3 is 10.0 Å². The Labute approximate surface area is 122 Å². The molecule has 1 atom stereocenters. The fourth-order valence-corrected chi connectivity index (χ4v) is 3.25. The van der Waals surface area contributed by atoms with Crippen molar-refractivity contribution in [2.75, 3.05) is 13.1 Å². The SMILES string of the molecule is CC1CCCN(C(=O)c2sccc2C=CC(=O)O)CC1. The molecule has 4 nitrogen and oxygen atoms in total. The molecular formula is C15H19NO3S. The number of nitrogens with zero attached hydrogens (tertiary/aromatic N) is 1. The Kier molecular flexibility index (Phi) is 4.95. The average molecular weight is 293 g/mol. The zero-order chi connectivity index (χ0) is 14.5. The van der Waals surface area contributed by atoms with E-state index in [9.17, 15) is 9.59 Å². The number of hydrogen-bond donors (Lipinski definition) is 1. The van der Waals surface area contributed by atoms with Crippen LogP contribution in [0.5, 0.6) is 0 Å². The highest BCUT2D eigenvalue weighted by Gasteiger charge is 2.22. The standard InChI is InChI=1S/C15H19NO3S/c1-11-3-2-8-16(9-6-11)15(19)14-12(7-10-20-14)4-5-13(17)18/h4-5,7,10-11H,2-3,6,8-9H2,1H3,(H,17,18). The highest BCUT2D eigenvalue weighted by atomic mass is 32.1. The quantitative estimate of drug-likeness (QED) is 0.871. The molecule has 1 fully saturated rings. The van der Waals surface area contributed by atoms with Gasteiger partial charge in [0.15, 0.2) is 0 Å². The minimum absolute atomic E-state index is 0.0270. The lowest BCUT2D eigenvalue weighted by molar-refractivity contribution is -0.131. The lowest BCUT2D eigenvalue weighted by atomic mass is 10.0. The summed E-state index contributed by atoms with van der Waals surface area (Å²) in [4.78, 5) is 25.7. The molecule has 1 amide bonds. The van der Waals surface area contributed by atoms with Crippen molar-refractivity contribution < 1.29 is 14.7 Å². The fourth-order valence-electron chi connectivity index (χ4n) is 2.39. The summed E-state index contributed by atoms with van der Waals surface area (Å²) in [6, 6.07) is 1.79. The third kappa shape index (κ3) is 3.70. The first-order valence-corrected chi connectivity index (χ1v) is 7.73. The number of carboxylic acids is 1. The topological polar surface area (TPSA) is 57.6 Å². The van der Waals surface area contributed by atoms with Gasteiger partial charge in [0.05, 0.1) is 4.88 Å². The van der Waals surface area contributed by atoms with E-state index in [1.807, 2.05) is 10.3 Å². The highest BCUT2D eigenvalue weighted by molar-refractivity contribution is 7.12.